The monoisotopic (exact) mass is 520 g/mol. The molecule has 0 unspecified atom stereocenters. The third-order valence-electron chi connectivity index (χ3n) is 5.06. The number of ether oxygens (including phenoxy) is 1. The molecule has 0 aliphatic carbocycles. The number of halogens is 1. The first-order valence-corrected chi connectivity index (χ1v) is 11.1. The Labute approximate surface area is 204 Å². The molecule has 0 aliphatic heterocycles. The minimum absolute atomic E-state index is 0.160. The lowest BCUT2D eigenvalue weighted by molar-refractivity contribution is -0.136. The van der Waals surface area contributed by atoms with E-state index >= 15 is 0 Å². The van der Waals surface area contributed by atoms with E-state index in [0.717, 1.165) is 10.0 Å². The molecule has 4 rings (SSSR count). The first-order chi connectivity index (χ1) is 16.4. The van der Waals surface area contributed by atoms with Crippen LogP contribution in [0.1, 0.15) is 16.1 Å². The van der Waals surface area contributed by atoms with Gasteiger partial charge in [0.2, 0.25) is 0 Å². The summed E-state index contributed by atoms with van der Waals surface area (Å²) in [5, 5.41) is 6.09. The molecule has 1 aromatic heterocycles. The minimum atomic E-state index is -0.894. The fourth-order valence-electron chi connectivity index (χ4n) is 3.35. The number of anilines is 1. The smallest absolute Gasteiger partial charge is 0.328 e. The molecule has 1 heterocycles. The van der Waals surface area contributed by atoms with Crippen LogP contribution < -0.4 is 20.8 Å². The Kier molecular flexibility index (Phi) is 6.93. The number of nitrogens with one attached hydrogen (secondary N) is 3. The topological polar surface area (TPSA) is 101 Å². The lowest BCUT2D eigenvalue weighted by Gasteiger charge is -2.13. The maximum Gasteiger partial charge on any atom is 0.328 e. The molecule has 0 saturated heterocycles. The number of methoxy groups -OCH3 is 1. The van der Waals surface area contributed by atoms with Crippen LogP contribution in [0.25, 0.3) is 10.9 Å². The fraction of sp³-hybridized carbons (Fsp3) is 0.0800. The molecule has 3 amide bonds. The highest BCUT2D eigenvalue weighted by atomic mass is 79.9. The zero-order valence-electron chi connectivity index (χ0n) is 18.2. The van der Waals surface area contributed by atoms with Gasteiger partial charge in [0.1, 0.15) is 11.4 Å². The van der Waals surface area contributed by atoms with Crippen molar-refractivity contribution in [2.75, 3.05) is 17.9 Å². The van der Waals surface area contributed by atoms with Crippen molar-refractivity contribution in [1.82, 2.24) is 9.99 Å². The van der Waals surface area contributed by atoms with E-state index in [2.05, 4.69) is 32.0 Å². The number of fused-ring (bicyclic) bond motifs is 1. The summed E-state index contributed by atoms with van der Waals surface area (Å²) >= 11 is 3.41. The van der Waals surface area contributed by atoms with Crippen molar-refractivity contribution in [2.24, 2.45) is 0 Å². The molecule has 3 N–H and O–H groups in total. The van der Waals surface area contributed by atoms with Crippen LogP contribution in [-0.2, 0) is 16.1 Å². The summed E-state index contributed by atoms with van der Waals surface area (Å²) in [6, 6.07) is 23.1. The third kappa shape index (κ3) is 5.26. The summed E-state index contributed by atoms with van der Waals surface area (Å²) < 4.78 is 7.26. The van der Waals surface area contributed by atoms with E-state index in [4.69, 9.17) is 4.74 Å². The molecule has 0 radical (unpaired) electrons. The van der Waals surface area contributed by atoms with Crippen molar-refractivity contribution < 1.29 is 19.1 Å². The molecular weight excluding hydrogens is 500 g/mol. The van der Waals surface area contributed by atoms with Crippen LogP contribution in [0.5, 0.6) is 5.75 Å². The Hall–Kier alpha value is -4.11. The summed E-state index contributed by atoms with van der Waals surface area (Å²) in [4.78, 5) is 38.1. The second kappa shape index (κ2) is 10.2. The maximum absolute atomic E-state index is 13.1. The molecule has 0 spiro atoms. The molecule has 0 fully saturated rings. The van der Waals surface area contributed by atoms with Crippen LogP contribution in [-0.4, -0.2) is 29.5 Å². The number of hydrogen-bond acceptors (Lipinski definition) is 4. The van der Waals surface area contributed by atoms with Crippen LogP contribution in [0, 0.1) is 0 Å². The van der Waals surface area contributed by atoms with Gasteiger partial charge in [-0.15, -0.1) is 0 Å². The van der Waals surface area contributed by atoms with E-state index in [9.17, 15) is 14.4 Å². The van der Waals surface area contributed by atoms with Crippen molar-refractivity contribution >= 4 is 50.2 Å². The molecule has 9 heteroatoms. The summed E-state index contributed by atoms with van der Waals surface area (Å²) in [6.45, 7) is 0.206. The Balaban J connectivity index is 1.56. The third-order valence-corrected chi connectivity index (χ3v) is 5.55. The van der Waals surface area contributed by atoms with Crippen LogP contribution in [0.15, 0.2) is 83.3 Å². The largest absolute Gasteiger partial charge is 0.497 e. The maximum atomic E-state index is 13.1. The highest BCUT2D eigenvalue weighted by Gasteiger charge is 2.21. The van der Waals surface area contributed by atoms with Crippen LogP contribution in [0.3, 0.4) is 0 Å². The number of hydrogen-bond donors (Lipinski definition) is 3. The van der Waals surface area contributed by atoms with E-state index in [-0.39, 0.29) is 12.2 Å². The second-order valence-electron chi connectivity index (χ2n) is 7.36. The predicted octanol–water partition coefficient (Wildman–Crippen LogP) is 4.05. The van der Waals surface area contributed by atoms with Gasteiger partial charge in [-0.05, 0) is 54.1 Å². The van der Waals surface area contributed by atoms with Gasteiger partial charge < -0.3 is 15.4 Å². The Bertz CT molecular complexity index is 1350. The van der Waals surface area contributed by atoms with Gasteiger partial charge in [-0.1, -0.05) is 46.3 Å². The van der Waals surface area contributed by atoms with Gasteiger partial charge in [-0.3, -0.25) is 19.8 Å². The average Bonchev–Trinajstić information content (AvgIpc) is 3.20. The molecule has 0 atom stereocenters. The van der Waals surface area contributed by atoms with Crippen molar-refractivity contribution in [3.05, 3.63) is 94.6 Å². The number of carbonyl (C=O) groups is 3. The molecule has 8 nitrogen and oxygen atoms in total. The van der Waals surface area contributed by atoms with Crippen LogP contribution in [0.4, 0.5) is 5.69 Å². The van der Waals surface area contributed by atoms with E-state index in [0.29, 0.717) is 22.3 Å². The van der Waals surface area contributed by atoms with Crippen molar-refractivity contribution in [3.63, 3.8) is 0 Å². The number of amides is 3. The SMILES string of the molecule is COc1ccc(NC(=O)c2cc3cc(Br)ccc3n2NC(=O)C(=O)NCc2ccccc2)cc1. The summed E-state index contributed by atoms with van der Waals surface area (Å²) in [5.74, 6) is -1.51. The molecule has 3 aromatic carbocycles. The number of benzene rings is 3. The Morgan fingerprint density at radius 1 is 0.912 bits per heavy atom. The number of nitrogens with zero attached hydrogens (tertiary/aromatic N) is 1. The van der Waals surface area contributed by atoms with Gasteiger partial charge in [0.05, 0.1) is 12.6 Å². The van der Waals surface area contributed by atoms with Gasteiger partial charge in [-0.25, -0.2) is 4.68 Å². The van der Waals surface area contributed by atoms with Crippen LogP contribution in [0.2, 0.25) is 0 Å². The molecule has 0 aliphatic rings. The summed E-state index contributed by atoms with van der Waals surface area (Å²) in [7, 11) is 1.56. The van der Waals surface area contributed by atoms with Gasteiger partial charge >= 0.3 is 11.8 Å². The molecule has 0 bridgehead atoms. The van der Waals surface area contributed by atoms with E-state index in [1.807, 2.05) is 36.4 Å². The first kappa shape index (κ1) is 23.1. The Morgan fingerprint density at radius 3 is 2.35 bits per heavy atom. The molecule has 0 saturated carbocycles. The lowest BCUT2D eigenvalue weighted by atomic mass is 10.2. The molecular formula is C25H21BrN4O4. The number of rotatable bonds is 6. The first-order valence-electron chi connectivity index (χ1n) is 10.3. The zero-order valence-corrected chi connectivity index (χ0v) is 19.8. The number of aromatic nitrogens is 1. The molecule has 172 valence electrons. The van der Waals surface area contributed by atoms with E-state index in [1.54, 1.807) is 49.6 Å². The van der Waals surface area contributed by atoms with Crippen LogP contribution >= 0.6 is 15.9 Å². The van der Waals surface area contributed by atoms with E-state index in [1.165, 1.54) is 4.68 Å². The second-order valence-corrected chi connectivity index (χ2v) is 8.28. The summed E-state index contributed by atoms with van der Waals surface area (Å²) in [5.41, 5.74) is 4.68. The Morgan fingerprint density at radius 2 is 1.65 bits per heavy atom. The predicted molar refractivity (Wildman–Crippen MR) is 133 cm³/mol. The molecule has 4 aromatic rings. The lowest BCUT2D eigenvalue weighted by Crippen LogP contribution is -2.39. The number of carbonyl (C=O) groups excluding carboxylic acids is 3. The summed E-state index contributed by atoms with van der Waals surface area (Å²) in [6.07, 6.45) is 0. The quantitative estimate of drug-likeness (QED) is 0.334. The molecule has 34 heavy (non-hydrogen) atoms. The standard InChI is InChI=1S/C25H21BrN4O4/c1-34-20-10-8-19(9-11-20)28-23(31)22-14-17-13-18(26)7-12-21(17)30(22)29-25(33)24(32)27-15-16-5-3-2-4-6-16/h2-14H,15H2,1H3,(H,27,32)(H,28,31)(H,29,33). The highest BCUT2D eigenvalue weighted by Crippen LogP contribution is 2.24. The highest BCUT2D eigenvalue weighted by molar-refractivity contribution is 9.10. The zero-order chi connectivity index (χ0) is 24.1. The van der Waals surface area contributed by atoms with Gasteiger partial charge in [0, 0.05) is 22.1 Å². The van der Waals surface area contributed by atoms with Crippen molar-refractivity contribution in [1.29, 1.82) is 0 Å². The average molecular weight is 521 g/mol. The minimum Gasteiger partial charge on any atom is -0.497 e. The van der Waals surface area contributed by atoms with Crippen molar-refractivity contribution in [2.45, 2.75) is 6.54 Å². The van der Waals surface area contributed by atoms with Crippen molar-refractivity contribution in [3.8, 4) is 5.75 Å². The van der Waals surface area contributed by atoms with Gasteiger partial charge in [-0.2, -0.15) is 0 Å². The fourth-order valence-corrected chi connectivity index (χ4v) is 3.73. The normalized spacial score (nSPS) is 10.5. The van der Waals surface area contributed by atoms with Gasteiger partial charge in [0.15, 0.2) is 0 Å². The van der Waals surface area contributed by atoms with E-state index < -0.39 is 17.7 Å². The van der Waals surface area contributed by atoms with Gasteiger partial charge in [0.25, 0.3) is 5.91 Å².